The molecular formula is C25H44N4O4S4. The second kappa shape index (κ2) is 19.4. The van der Waals surface area contributed by atoms with E-state index in [0.29, 0.717) is 24.6 Å². The van der Waals surface area contributed by atoms with Crippen LogP contribution in [0.25, 0.3) is 0 Å². The number of carbonyl (C=O) groups excluding carboxylic acids is 4. The summed E-state index contributed by atoms with van der Waals surface area (Å²) in [5.74, 6) is 1.51. The van der Waals surface area contributed by atoms with Crippen molar-refractivity contribution in [1.29, 1.82) is 0 Å². The van der Waals surface area contributed by atoms with Crippen LogP contribution in [0.5, 0.6) is 0 Å². The fourth-order valence-electron chi connectivity index (χ4n) is 4.09. The molecule has 0 radical (unpaired) electrons. The molecule has 12 heteroatoms. The maximum atomic E-state index is 12.8. The van der Waals surface area contributed by atoms with E-state index < -0.39 is 11.9 Å². The van der Waals surface area contributed by atoms with Crippen LogP contribution in [0.3, 0.4) is 0 Å². The van der Waals surface area contributed by atoms with Crippen LogP contribution in [0, 0.1) is 0 Å². The van der Waals surface area contributed by atoms with E-state index in [1.807, 2.05) is 57.0 Å². The smallest absolute Gasteiger partial charge is 0.243 e. The molecule has 0 aliphatic carbocycles. The molecule has 0 aromatic heterocycles. The third kappa shape index (κ3) is 15.5. The van der Waals surface area contributed by atoms with Gasteiger partial charge in [-0.3, -0.25) is 19.2 Å². The van der Waals surface area contributed by atoms with Crippen molar-refractivity contribution >= 4 is 66.8 Å². The Hall–Kier alpha value is -0.720. The highest BCUT2D eigenvalue weighted by molar-refractivity contribution is 8.77. The second-order valence-corrected chi connectivity index (χ2v) is 15.4. The van der Waals surface area contributed by atoms with Crippen molar-refractivity contribution in [2.24, 2.45) is 0 Å². The molecule has 0 aromatic rings. The lowest BCUT2D eigenvalue weighted by atomic mass is 10.1. The molecule has 2 heterocycles. The third-order valence-corrected chi connectivity index (χ3v) is 12.1. The highest BCUT2D eigenvalue weighted by Gasteiger charge is 2.24. The van der Waals surface area contributed by atoms with Gasteiger partial charge < -0.3 is 21.3 Å². The fraction of sp³-hybridized carbons (Fsp3) is 0.840. The summed E-state index contributed by atoms with van der Waals surface area (Å²) in [6.07, 6.45) is 9.16. The number of hydrogen-bond donors (Lipinski definition) is 4. The number of hydrogen-bond acceptors (Lipinski definition) is 8. The maximum Gasteiger partial charge on any atom is 0.243 e. The molecule has 0 spiro atoms. The minimum absolute atomic E-state index is 0.0153. The van der Waals surface area contributed by atoms with Gasteiger partial charge in [-0.2, -0.15) is 0 Å². The number of amides is 4. The van der Waals surface area contributed by atoms with Crippen LogP contribution in [0.1, 0.15) is 84.5 Å². The zero-order valence-corrected chi connectivity index (χ0v) is 25.4. The first-order valence-electron chi connectivity index (χ1n) is 13.5. The minimum atomic E-state index is -0.935. The Morgan fingerprint density at radius 1 is 0.730 bits per heavy atom. The van der Waals surface area contributed by atoms with Gasteiger partial charge >= 0.3 is 0 Å². The molecule has 2 fully saturated rings. The van der Waals surface area contributed by atoms with Crippen molar-refractivity contribution in [3.8, 4) is 0 Å². The Morgan fingerprint density at radius 3 is 1.84 bits per heavy atom. The van der Waals surface area contributed by atoms with Crippen molar-refractivity contribution < 1.29 is 19.2 Å². The molecule has 37 heavy (non-hydrogen) atoms. The molecule has 2 rings (SSSR count). The summed E-state index contributed by atoms with van der Waals surface area (Å²) in [5, 5.41) is 12.5. The van der Waals surface area contributed by atoms with Crippen LogP contribution < -0.4 is 21.3 Å². The quantitative estimate of drug-likeness (QED) is 0.139. The van der Waals surface area contributed by atoms with Gasteiger partial charge in [0.15, 0.2) is 0 Å². The largest absolute Gasteiger partial charge is 0.354 e. The monoisotopic (exact) mass is 592 g/mol. The first kappa shape index (κ1) is 32.5. The van der Waals surface area contributed by atoms with Gasteiger partial charge in [-0.1, -0.05) is 56.0 Å². The Balaban J connectivity index is 1.64. The number of nitrogens with one attached hydrogen (secondary N) is 4. The lowest BCUT2D eigenvalue weighted by Crippen LogP contribution is -2.50. The predicted octanol–water partition coefficient (Wildman–Crippen LogP) is 4.05. The molecule has 2 saturated heterocycles. The summed E-state index contributed by atoms with van der Waals surface area (Å²) in [7, 11) is 7.76. The molecule has 212 valence electrons. The van der Waals surface area contributed by atoms with Crippen LogP contribution in [0.4, 0.5) is 0 Å². The third-order valence-electron chi connectivity index (χ3n) is 6.05. The van der Waals surface area contributed by atoms with E-state index in [1.54, 1.807) is 0 Å². The molecule has 4 amide bonds. The molecule has 8 nitrogen and oxygen atoms in total. The van der Waals surface area contributed by atoms with Gasteiger partial charge in [0.1, 0.15) is 6.04 Å². The van der Waals surface area contributed by atoms with Gasteiger partial charge in [0.05, 0.1) is 6.42 Å². The van der Waals surface area contributed by atoms with Crippen molar-refractivity contribution in [2.45, 2.75) is 107 Å². The van der Waals surface area contributed by atoms with E-state index in [2.05, 4.69) is 21.3 Å². The first-order valence-corrected chi connectivity index (χ1v) is 18.3. The van der Waals surface area contributed by atoms with Gasteiger partial charge in [0.2, 0.25) is 23.6 Å². The predicted molar refractivity (Wildman–Crippen MR) is 160 cm³/mol. The molecule has 0 saturated carbocycles. The Bertz CT molecular complexity index is 717. The molecule has 3 atom stereocenters. The van der Waals surface area contributed by atoms with Crippen LogP contribution in [-0.4, -0.2) is 70.8 Å². The van der Waals surface area contributed by atoms with Gasteiger partial charge in [0.25, 0.3) is 0 Å². The minimum Gasteiger partial charge on any atom is -0.354 e. The van der Waals surface area contributed by atoms with E-state index >= 15 is 0 Å². The number of unbranched alkanes of at least 4 members (excludes halogenated alkanes) is 2. The van der Waals surface area contributed by atoms with Crippen LogP contribution in [0.15, 0.2) is 0 Å². The zero-order valence-electron chi connectivity index (χ0n) is 22.2. The van der Waals surface area contributed by atoms with Gasteiger partial charge in [-0.25, -0.2) is 0 Å². The van der Waals surface area contributed by atoms with E-state index in [0.717, 1.165) is 43.8 Å². The van der Waals surface area contributed by atoms with E-state index in [1.165, 1.54) is 24.3 Å². The summed E-state index contributed by atoms with van der Waals surface area (Å²) in [4.78, 5) is 49.6. The van der Waals surface area contributed by atoms with Gasteiger partial charge in [-0.15, -0.1) is 0 Å². The summed E-state index contributed by atoms with van der Waals surface area (Å²) < 4.78 is 0. The number of carbonyl (C=O) groups is 4. The number of rotatable bonds is 18. The molecular weight excluding hydrogens is 549 g/mol. The lowest BCUT2D eigenvalue weighted by molar-refractivity contribution is -0.132. The summed E-state index contributed by atoms with van der Waals surface area (Å²) in [5.41, 5.74) is 0. The average Bonchev–Trinajstić information content (AvgIpc) is 3.56. The topological polar surface area (TPSA) is 116 Å². The van der Waals surface area contributed by atoms with E-state index in [-0.39, 0.29) is 36.7 Å². The van der Waals surface area contributed by atoms with Crippen molar-refractivity contribution in [3.05, 3.63) is 0 Å². The van der Waals surface area contributed by atoms with E-state index in [9.17, 15) is 19.2 Å². The SMILES string of the molecule is CC(C)NC(=O)C[C@H](NC(=O)CCCCC1CCSS1)C(=O)NCCNC(=O)CCCCC1CCSS1. The lowest BCUT2D eigenvalue weighted by Gasteiger charge is -2.19. The van der Waals surface area contributed by atoms with Crippen LogP contribution in [0.2, 0.25) is 0 Å². The van der Waals surface area contributed by atoms with Crippen molar-refractivity contribution in [1.82, 2.24) is 21.3 Å². The zero-order chi connectivity index (χ0) is 26.9. The molecule has 0 aromatic carbocycles. The normalized spacial score (nSPS) is 20.0. The standard InChI is InChI=1S/C25H44N4O4S4/c1-18(2)28-24(32)17-21(29-23(31)10-6-4-8-20-12-16-35-37-20)25(33)27-14-13-26-22(30)9-5-3-7-19-11-15-34-36-19/h18-21H,3-17H2,1-2H3,(H,26,30)(H,27,33)(H,28,32)(H,29,31)/t19?,20?,21-/m0/s1. The van der Waals surface area contributed by atoms with Gasteiger partial charge in [0, 0.05) is 54.0 Å². The Labute approximate surface area is 238 Å². The second-order valence-electron chi connectivity index (χ2n) is 9.84. The summed E-state index contributed by atoms with van der Waals surface area (Å²) in [6.45, 7) is 4.26. The Kier molecular flexibility index (Phi) is 17.0. The van der Waals surface area contributed by atoms with E-state index in [4.69, 9.17) is 0 Å². The highest BCUT2D eigenvalue weighted by Crippen LogP contribution is 2.40. The molecule has 0 bridgehead atoms. The summed E-state index contributed by atoms with van der Waals surface area (Å²) >= 11 is 0. The van der Waals surface area contributed by atoms with Gasteiger partial charge in [-0.05, 0) is 52.4 Å². The van der Waals surface area contributed by atoms with Crippen LogP contribution >= 0.6 is 43.2 Å². The van der Waals surface area contributed by atoms with Crippen molar-refractivity contribution in [3.63, 3.8) is 0 Å². The molecule has 4 N–H and O–H groups in total. The molecule has 2 aliphatic heterocycles. The Morgan fingerprint density at radius 2 is 1.30 bits per heavy atom. The van der Waals surface area contributed by atoms with Crippen molar-refractivity contribution in [2.75, 3.05) is 24.6 Å². The summed E-state index contributed by atoms with van der Waals surface area (Å²) in [6, 6.07) is -0.986. The average molecular weight is 593 g/mol. The fourth-order valence-corrected chi connectivity index (χ4v) is 10.1. The molecule has 2 aliphatic rings. The molecule has 2 unspecified atom stereocenters. The first-order chi connectivity index (χ1) is 17.8. The maximum absolute atomic E-state index is 12.8. The highest BCUT2D eigenvalue weighted by atomic mass is 33.1. The van der Waals surface area contributed by atoms with Crippen LogP contribution in [-0.2, 0) is 19.2 Å².